The van der Waals surface area contributed by atoms with Crippen LogP contribution in [0.1, 0.15) is 11.1 Å². The van der Waals surface area contributed by atoms with Crippen molar-refractivity contribution in [3.63, 3.8) is 0 Å². The van der Waals surface area contributed by atoms with E-state index in [0.717, 1.165) is 28.3 Å². The van der Waals surface area contributed by atoms with Crippen LogP contribution in [0.3, 0.4) is 0 Å². The van der Waals surface area contributed by atoms with Gasteiger partial charge in [0.15, 0.2) is 0 Å². The summed E-state index contributed by atoms with van der Waals surface area (Å²) in [6, 6.07) is 13.5. The number of nitrogens with one attached hydrogen (secondary N) is 2. The van der Waals surface area contributed by atoms with E-state index in [1.807, 2.05) is 50.2 Å². The molecule has 0 aliphatic heterocycles. The molecule has 0 saturated heterocycles. The van der Waals surface area contributed by atoms with Crippen molar-refractivity contribution >= 4 is 11.6 Å². The third-order valence-corrected chi connectivity index (χ3v) is 3.58. The van der Waals surface area contributed by atoms with Crippen molar-refractivity contribution in [3.05, 3.63) is 53.6 Å². The second kappa shape index (κ2) is 8.82. The van der Waals surface area contributed by atoms with E-state index in [1.54, 1.807) is 7.11 Å². The van der Waals surface area contributed by atoms with E-state index in [0.29, 0.717) is 13.2 Å². The van der Waals surface area contributed by atoms with E-state index in [1.165, 1.54) is 0 Å². The molecule has 0 atom stereocenters. The summed E-state index contributed by atoms with van der Waals surface area (Å²) >= 11 is 0. The first-order valence-corrected chi connectivity index (χ1v) is 7.93. The highest BCUT2D eigenvalue weighted by Gasteiger charge is 2.03. The summed E-state index contributed by atoms with van der Waals surface area (Å²) in [5.41, 5.74) is 3.27. The van der Waals surface area contributed by atoms with Crippen LogP contribution in [0.15, 0.2) is 42.5 Å². The van der Waals surface area contributed by atoms with Crippen LogP contribution in [0.4, 0.5) is 5.69 Å². The van der Waals surface area contributed by atoms with Gasteiger partial charge in [-0.15, -0.1) is 0 Å². The summed E-state index contributed by atoms with van der Waals surface area (Å²) in [6.45, 7) is 5.16. The second-order valence-corrected chi connectivity index (χ2v) is 5.55. The summed E-state index contributed by atoms with van der Waals surface area (Å²) in [4.78, 5) is 11.9. The quantitative estimate of drug-likeness (QED) is 0.732. The topological polar surface area (TPSA) is 59.6 Å². The van der Waals surface area contributed by atoms with Crippen LogP contribution in [0.2, 0.25) is 0 Å². The Bertz CT molecular complexity index is 669. The fraction of sp³-hybridized carbons (Fsp3) is 0.316. The van der Waals surface area contributed by atoms with Crippen molar-refractivity contribution in [3.8, 4) is 11.5 Å². The number of hydrogen-bond donors (Lipinski definition) is 2. The van der Waals surface area contributed by atoms with Crippen LogP contribution >= 0.6 is 0 Å². The second-order valence-electron chi connectivity index (χ2n) is 5.55. The average Bonchev–Trinajstić information content (AvgIpc) is 2.60. The molecule has 128 valence electrons. The Morgan fingerprint density at radius 3 is 2.46 bits per heavy atom. The number of hydrogen-bond acceptors (Lipinski definition) is 4. The molecule has 0 aliphatic carbocycles. The first-order valence-electron chi connectivity index (χ1n) is 7.93. The zero-order valence-electron chi connectivity index (χ0n) is 14.4. The minimum Gasteiger partial charge on any atom is -0.497 e. The molecule has 5 heteroatoms. The van der Waals surface area contributed by atoms with Gasteiger partial charge in [0.2, 0.25) is 5.91 Å². The van der Waals surface area contributed by atoms with Crippen molar-refractivity contribution < 1.29 is 14.3 Å². The first-order chi connectivity index (χ1) is 11.6. The van der Waals surface area contributed by atoms with Gasteiger partial charge in [-0.1, -0.05) is 12.1 Å². The van der Waals surface area contributed by atoms with Crippen molar-refractivity contribution in [2.45, 2.75) is 13.8 Å². The third kappa shape index (κ3) is 5.50. The zero-order chi connectivity index (χ0) is 17.4. The molecule has 0 unspecified atom stereocenters. The Morgan fingerprint density at radius 2 is 1.75 bits per heavy atom. The fourth-order valence-electron chi connectivity index (χ4n) is 2.20. The number of benzene rings is 2. The minimum absolute atomic E-state index is 0.0609. The molecule has 0 aliphatic rings. The molecule has 0 spiro atoms. The number of carbonyl (C=O) groups is 1. The highest BCUT2D eigenvalue weighted by Crippen LogP contribution is 2.17. The van der Waals surface area contributed by atoms with Crippen LogP contribution in [0.5, 0.6) is 11.5 Å². The van der Waals surface area contributed by atoms with E-state index in [4.69, 9.17) is 9.47 Å². The van der Waals surface area contributed by atoms with Gasteiger partial charge >= 0.3 is 0 Å². The molecule has 2 aromatic carbocycles. The van der Waals surface area contributed by atoms with E-state index in [9.17, 15) is 4.79 Å². The van der Waals surface area contributed by atoms with Gasteiger partial charge in [-0.05, 0) is 55.3 Å². The Kier molecular flexibility index (Phi) is 6.49. The van der Waals surface area contributed by atoms with Gasteiger partial charge in [-0.3, -0.25) is 4.79 Å². The largest absolute Gasteiger partial charge is 0.497 e. The summed E-state index contributed by atoms with van der Waals surface area (Å²) in [7, 11) is 1.62. The van der Waals surface area contributed by atoms with E-state index < -0.39 is 0 Å². The Morgan fingerprint density at radius 1 is 1.04 bits per heavy atom. The van der Waals surface area contributed by atoms with Gasteiger partial charge in [0, 0.05) is 5.69 Å². The number of carbonyl (C=O) groups excluding carboxylic acids is 1. The molecule has 2 N–H and O–H groups in total. The highest BCUT2D eigenvalue weighted by atomic mass is 16.5. The van der Waals surface area contributed by atoms with Crippen LogP contribution in [-0.4, -0.2) is 32.7 Å². The summed E-state index contributed by atoms with van der Waals surface area (Å²) < 4.78 is 10.6. The molecule has 1 amide bonds. The molecule has 0 fully saturated rings. The summed E-state index contributed by atoms with van der Waals surface area (Å²) in [6.07, 6.45) is 0. The predicted molar refractivity (Wildman–Crippen MR) is 95.9 cm³/mol. The number of amides is 1. The van der Waals surface area contributed by atoms with Crippen LogP contribution in [0.25, 0.3) is 0 Å². The van der Waals surface area contributed by atoms with Gasteiger partial charge in [0.1, 0.15) is 18.1 Å². The maximum atomic E-state index is 11.9. The molecule has 2 rings (SSSR count). The summed E-state index contributed by atoms with van der Waals surface area (Å²) in [5, 5.41) is 5.99. The molecule has 24 heavy (non-hydrogen) atoms. The average molecular weight is 328 g/mol. The lowest BCUT2D eigenvalue weighted by Crippen LogP contribution is -2.33. The Hall–Kier alpha value is -2.69. The Labute approximate surface area is 143 Å². The molecule has 2 aromatic rings. The van der Waals surface area contributed by atoms with Gasteiger partial charge in [-0.25, -0.2) is 0 Å². The van der Waals surface area contributed by atoms with E-state index >= 15 is 0 Å². The Balaban J connectivity index is 1.66. The minimum atomic E-state index is -0.0609. The highest BCUT2D eigenvalue weighted by molar-refractivity contribution is 5.80. The number of aryl methyl sites for hydroxylation is 2. The summed E-state index contributed by atoms with van der Waals surface area (Å²) in [5.74, 6) is 1.47. The molecule has 0 radical (unpaired) electrons. The maximum Gasteiger partial charge on any atom is 0.239 e. The van der Waals surface area contributed by atoms with E-state index in [2.05, 4.69) is 16.7 Å². The number of rotatable bonds is 8. The van der Waals surface area contributed by atoms with Crippen molar-refractivity contribution in [2.75, 3.05) is 32.1 Å². The van der Waals surface area contributed by atoms with Gasteiger partial charge < -0.3 is 20.1 Å². The van der Waals surface area contributed by atoms with Crippen molar-refractivity contribution in [1.29, 1.82) is 0 Å². The van der Waals surface area contributed by atoms with Gasteiger partial charge in [-0.2, -0.15) is 0 Å². The van der Waals surface area contributed by atoms with Crippen molar-refractivity contribution in [2.24, 2.45) is 0 Å². The molecule has 5 nitrogen and oxygen atoms in total. The lowest BCUT2D eigenvalue weighted by atomic mass is 10.1. The lowest BCUT2D eigenvalue weighted by molar-refractivity contribution is -0.119. The number of methoxy groups -OCH3 is 1. The molecular formula is C19H24N2O3. The molecule has 0 saturated carbocycles. The van der Waals surface area contributed by atoms with Crippen LogP contribution in [0, 0.1) is 13.8 Å². The smallest absolute Gasteiger partial charge is 0.239 e. The van der Waals surface area contributed by atoms with Gasteiger partial charge in [0.05, 0.1) is 20.2 Å². The molecule has 0 bridgehead atoms. The molecule has 0 aromatic heterocycles. The molecule has 0 heterocycles. The van der Waals surface area contributed by atoms with Gasteiger partial charge in [0.25, 0.3) is 0 Å². The standard InChI is InChI=1S/C19H24N2O3/c1-14-4-5-15(2)18(12-14)21-13-19(22)20-10-11-24-17-8-6-16(23-3)7-9-17/h4-9,12,21H,10-11,13H2,1-3H3,(H,20,22). The molecular weight excluding hydrogens is 304 g/mol. The number of anilines is 1. The zero-order valence-corrected chi connectivity index (χ0v) is 14.4. The lowest BCUT2D eigenvalue weighted by Gasteiger charge is -2.11. The normalized spacial score (nSPS) is 10.1. The monoisotopic (exact) mass is 328 g/mol. The number of ether oxygens (including phenoxy) is 2. The fourth-order valence-corrected chi connectivity index (χ4v) is 2.20. The predicted octanol–water partition coefficient (Wildman–Crippen LogP) is 2.92. The van der Waals surface area contributed by atoms with E-state index in [-0.39, 0.29) is 12.5 Å². The van der Waals surface area contributed by atoms with Crippen LogP contribution < -0.4 is 20.1 Å². The SMILES string of the molecule is COc1ccc(OCCNC(=O)CNc2cc(C)ccc2C)cc1. The maximum absolute atomic E-state index is 11.9. The third-order valence-electron chi connectivity index (χ3n) is 3.58. The van der Waals surface area contributed by atoms with Crippen LogP contribution in [-0.2, 0) is 4.79 Å². The van der Waals surface area contributed by atoms with Crippen molar-refractivity contribution in [1.82, 2.24) is 5.32 Å². The first kappa shape index (κ1) is 17.7.